The minimum atomic E-state index is -0.786. The summed E-state index contributed by atoms with van der Waals surface area (Å²) in [6.07, 6.45) is 5.18. The quantitative estimate of drug-likeness (QED) is 0.517. The van der Waals surface area contributed by atoms with Gasteiger partial charge in [0.1, 0.15) is 17.4 Å². The number of aromatic nitrogens is 3. The molecule has 2 aliphatic heterocycles. The van der Waals surface area contributed by atoms with Crippen molar-refractivity contribution in [3.8, 4) is 17.3 Å². The van der Waals surface area contributed by atoms with Gasteiger partial charge in [-0.05, 0) is 55.2 Å². The summed E-state index contributed by atoms with van der Waals surface area (Å²) in [5.74, 6) is -1.54. The van der Waals surface area contributed by atoms with Gasteiger partial charge in [-0.25, -0.2) is 14.4 Å². The topological polar surface area (TPSA) is 131 Å². The number of hydrogen-bond donors (Lipinski definition) is 2. The predicted molar refractivity (Wildman–Crippen MR) is 130 cm³/mol. The lowest BCUT2D eigenvalue weighted by atomic mass is 9.76. The highest BCUT2D eigenvalue weighted by atomic mass is 19.1. The number of fused-ring (bicyclic) bond motifs is 2. The van der Waals surface area contributed by atoms with Gasteiger partial charge in [-0.1, -0.05) is 12.1 Å². The first-order chi connectivity index (χ1) is 17.7. The summed E-state index contributed by atoms with van der Waals surface area (Å²) in [5.41, 5.74) is 0.0177. The molecule has 2 aromatic heterocycles. The molecule has 37 heavy (non-hydrogen) atoms. The fourth-order valence-electron chi connectivity index (χ4n) is 5.19. The van der Waals surface area contributed by atoms with Crippen LogP contribution in [0.2, 0.25) is 0 Å². The van der Waals surface area contributed by atoms with Crippen LogP contribution in [0.4, 0.5) is 4.39 Å². The first-order valence-electron chi connectivity index (χ1n) is 12.3. The summed E-state index contributed by atoms with van der Waals surface area (Å²) in [6.45, 7) is 0.358. The summed E-state index contributed by atoms with van der Waals surface area (Å²) in [4.78, 5) is 48.4. The molecule has 3 aromatic rings. The number of benzene rings is 1. The van der Waals surface area contributed by atoms with Crippen LogP contribution in [0.1, 0.15) is 48.9 Å². The van der Waals surface area contributed by atoms with E-state index in [0.29, 0.717) is 18.7 Å². The number of halogens is 1. The molecule has 10 nitrogen and oxygen atoms in total. The second-order valence-electron chi connectivity index (χ2n) is 9.95. The maximum absolute atomic E-state index is 13.3. The van der Waals surface area contributed by atoms with Gasteiger partial charge in [0.05, 0.1) is 12.2 Å². The molecule has 2 bridgehead atoms. The average Bonchev–Trinajstić information content (AvgIpc) is 3.34. The first-order valence-corrected chi connectivity index (χ1v) is 12.3. The lowest BCUT2D eigenvalue weighted by molar-refractivity contribution is -0.144. The SMILES string of the molecule is CN(C)C(=O)C(=O)NC1c2nc(-c3ncc(Cc4ccc(F)cc4)o3)c(O)c(=O)n2CC2CCC1CC2. The van der Waals surface area contributed by atoms with Gasteiger partial charge in [0.2, 0.25) is 11.6 Å². The highest BCUT2D eigenvalue weighted by molar-refractivity contribution is 6.34. The number of rotatable bonds is 4. The fraction of sp³-hybridized carbons (Fsp3) is 0.423. The number of likely N-dealkylation sites (N-methyl/N-ethyl adjacent to an activating group) is 1. The first kappa shape index (κ1) is 24.7. The van der Waals surface area contributed by atoms with Crippen LogP contribution in [0.3, 0.4) is 0 Å². The highest BCUT2D eigenvalue weighted by Crippen LogP contribution is 2.40. The van der Waals surface area contributed by atoms with E-state index in [9.17, 15) is 23.9 Å². The zero-order valence-electron chi connectivity index (χ0n) is 20.6. The number of oxazole rings is 1. The van der Waals surface area contributed by atoms with Crippen molar-refractivity contribution in [1.82, 2.24) is 24.8 Å². The van der Waals surface area contributed by atoms with Gasteiger partial charge < -0.3 is 19.7 Å². The van der Waals surface area contributed by atoms with Crippen molar-refractivity contribution in [2.75, 3.05) is 14.1 Å². The fourth-order valence-corrected chi connectivity index (χ4v) is 5.19. The van der Waals surface area contributed by atoms with E-state index >= 15 is 0 Å². The smallest absolute Gasteiger partial charge is 0.311 e. The van der Waals surface area contributed by atoms with Crippen molar-refractivity contribution < 1.29 is 23.5 Å². The Labute approximate surface area is 212 Å². The molecule has 4 heterocycles. The van der Waals surface area contributed by atoms with Crippen LogP contribution >= 0.6 is 0 Å². The number of carbonyl (C=O) groups excluding carboxylic acids is 2. The van der Waals surface area contributed by atoms with E-state index in [2.05, 4.69) is 15.3 Å². The molecule has 1 unspecified atom stereocenters. The second kappa shape index (κ2) is 9.79. The van der Waals surface area contributed by atoms with Gasteiger partial charge in [-0.3, -0.25) is 19.0 Å². The largest absolute Gasteiger partial charge is 0.501 e. The van der Waals surface area contributed by atoms with Crippen LogP contribution in [0.25, 0.3) is 11.6 Å². The third-order valence-corrected chi connectivity index (χ3v) is 7.19. The van der Waals surface area contributed by atoms with Crippen molar-refractivity contribution in [3.63, 3.8) is 0 Å². The minimum absolute atomic E-state index is 0.0235. The van der Waals surface area contributed by atoms with Crippen molar-refractivity contribution in [2.45, 2.75) is 44.7 Å². The Bertz CT molecular complexity index is 1390. The van der Waals surface area contributed by atoms with E-state index in [1.165, 1.54) is 41.9 Å². The zero-order valence-corrected chi connectivity index (χ0v) is 20.6. The Kier molecular flexibility index (Phi) is 6.53. The Balaban J connectivity index is 1.54. The molecule has 0 saturated heterocycles. The Morgan fingerprint density at radius 3 is 2.57 bits per heavy atom. The average molecular weight is 510 g/mol. The van der Waals surface area contributed by atoms with Crippen LogP contribution in [0.15, 0.2) is 39.7 Å². The molecule has 1 fully saturated rings. The molecular weight excluding hydrogens is 481 g/mol. The van der Waals surface area contributed by atoms with Gasteiger partial charge in [0, 0.05) is 27.1 Å². The van der Waals surface area contributed by atoms with Gasteiger partial charge in [0.15, 0.2) is 5.69 Å². The summed E-state index contributed by atoms with van der Waals surface area (Å²) >= 11 is 0. The number of hydrogen-bond acceptors (Lipinski definition) is 7. The molecule has 2 N–H and O–H groups in total. The van der Waals surface area contributed by atoms with E-state index in [1.807, 2.05) is 0 Å². The monoisotopic (exact) mass is 509 g/mol. The summed E-state index contributed by atoms with van der Waals surface area (Å²) in [5, 5.41) is 13.6. The molecule has 0 spiro atoms. The van der Waals surface area contributed by atoms with Crippen LogP contribution in [0, 0.1) is 17.7 Å². The van der Waals surface area contributed by atoms with Gasteiger partial charge in [0.25, 0.3) is 5.56 Å². The molecule has 3 aliphatic rings. The minimum Gasteiger partial charge on any atom is -0.501 e. The Hall–Kier alpha value is -4.02. The Morgan fingerprint density at radius 2 is 1.89 bits per heavy atom. The van der Waals surface area contributed by atoms with E-state index < -0.39 is 29.2 Å². The van der Waals surface area contributed by atoms with Gasteiger partial charge in [-0.2, -0.15) is 0 Å². The maximum atomic E-state index is 13.3. The number of amides is 2. The van der Waals surface area contributed by atoms with Crippen LogP contribution in [-0.4, -0.2) is 50.5 Å². The molecule has 1 atom stereocenters. The lowest BCUT2D eigenvalue weighted by Crippen LogP contribution is -2.47. The van der Waals surface area contributed by atoms with E-state index in [4.69, 9.17) is 4.42 Å². The lowest BCUT2D eigenvalue weighted by Gasteiger charge is -2.38. The van der Waals surface area contributed by atoms with Crippen molar-refractivity contribution in [1.29, 1.82) is 0 Å². The molecule has 1 aromatic carbocycles. The number of carbonyl (C=O) groups is 2. The van der Waals surface area contributed by atoms with Crippen molar-refractivity contribution in [3.05, 3.63) is 63.8 Å². The van der Waals surface area contributed by atoms with E-state index in [-0.39, 0.29) is 35.1 Å². The summed E-state index contributed by atoms with van der Waals surface area (Å²) in [7, 11) is 2.98. The summed E-state index contributed by atoms with van der Waals surface area (Å²) in [6, 6.07) is 5.25. The summed E-state index contributed by atoms with van der Waals surface area (Å²) < 4.78 is 20.4. The number of aromatic hydroxyl groups is 1. The third kappa shape index (κ3) is 4.85. The molecule has 6 rings (SSSR count). The molecule has 0 radical (unpaired) electrons. The van der Waals surface area contributed by atoms with Crippen molar-refractivity contribution in [2.24, 2.45) is 11.8 Å². The normalized spacial score (nSPS) is 20.6. The maximum Gasteiger partial charge on any atom is 0.311 e. The molecule has 194 valence electrons. The van der Waals surface area contributed by atoms with Crippen molar-refractivity contribution >= 4 is 11.8 Å². The third-order valence-electron chi connectivity index (χ3n) is 7.19. The number of nitrogens with zero attached hydrogens (tertiary/aromatic N) is 4. The molecular formula is C26H28FN5O5. The van der Waals surface area contributed by atoms with E-state index in [0.717, 1.165) is 31.2 Å². The van der Waals surface area contributed by atoms with E-state index in [1.54, 1.807) is 12.1 Å². The standard InChI is InChI=1S/C26H28FN5O5/c1-31(2)26(36)23(34)30-19-16-7-3-15(4-8-16)13-32-22(19)29-20(21(33)25(32)35)24-28-12-18(37-24)11-14-5-9-17(27)10-6-14/h5-6,9-10,12,15-16,19,33H,3-4,7-8,11,13H2,1-2H3,(H,30,34). The molecule has 2 amide bonds. The highest BCUT2D eigenvalue weighted by Gasteiger charge is 2.38. The zero-order chi connectivity index (χ0) is 26.3. The second-order valence-corrected chi connectivity index (χ2v) is 9.95. The van der Waals surface area contributed by atoms with Crippen LogP contribution < -0.4 is 10.9 Å². The Morgan fingerprint density at radius 1 is 1.19 bits per heavy atom. The predicted octanol–water partition coefficient (Wildman–Crippen LogP) is 2.40. The van der Waals surface area contributed by atoms with Gasteiger partial charge >= 0.3 is 11.8 Å². The van der Waals surface area contributed by atoms with Crippen LogP contribution in [0.5, 0.6) is 5.75 Å². The molecule has 11 heteroatoms. The van der Waals surface area contributed by atoms with Gasteiger partial charge in [-0.15, -0.1) is 0 Å². The molecule has 1 saturated carbocycles. The number of nitrogens with one attached hydrogen (secondary N) is 1. The van der Waals surface area contributed by atoms with Crippen LogP contribution in [-0.2, 0) is 22.6 Å². The molecule has 1 aliphatic carbocycles.